The van der Waals surface area contributed by atoms with Gasteiger partial charge in [-0.25, -0.2) is 9.59 Å². The van der Waals surface area contributed by atoms with Crippen molar-refractivity contribution in [1.29, 1.82) is 0 Å². The van der Waals surface area contributed by atoms with Gasteiger partial charge in [0, 0.05) is 11.1 Å². The summed E-state index contributed by atoms with van der Waals surface area (Å²) >= 11 is 0. The summed E-state index contributed by atoms with van der Waals surface area (Å²) in [5, 5.41) is 17.6. The molecule has 0 unspecified atom stereocenters. The average Bonchev–Trinajstić information content (AvgIpc) is 2.26. The van der Waals surface area contributed by atoms with Crippen molar-refractivity contribution in [2.75, 3.05) is 0 Å². The number of carbonyl (C=O) groups is 2. The molecule has 96 valence electrons. The highest BCUT2D eigenvalue weighted by Crippen LogP contribution is 2.15. The molecule has 0 radical (unpaired) electrons. The average molecular weight is 240 g/mol. The van der Waals surface area contributed by atoms with Crippen LogP contribution >= 0.6 is 0 Å². The van der Waals surface area contributed by atoms with E-state index in [-0.39, 0.29) is 11.1 Å². The zero-order chi connectivity index (χ0) is 13.3. The Morgan fingerprint density at radius 3 is 2.12 bits per heavy atom. The van der Waals surface area contributed by atoms with Crippen LogP contribution in [0, 0.1) is 0 Å². The Labute approximate surface area is 102 Å². The molecule has 2 N–H and O–H groups in total. The highest BCUT2D eigenvalue weighted by molar-refractivity contribution is 5.98. The lowest BCUT2D eigenvalue weighted by molar-refractivity contribution is -0.136. The third-order valence-electron chi connectivity index (χ3n) is 2.62. The Hall–Kier alpha value is -1.58. The third kappa shape index (κ3) is 6.56. The van der Waals surface area contributed by atoms with Crippen LogP contribution in [0.15, 0.2) is 23.8 Å². The number of rotatable bonds is 9. The summed E-state index contributed by atoms with van der Waals surface area (Å²) in [4.78, 5) is 21.6. The van der Waals surface area contributed by atoms with E-state index >= 15 is 0 Å². The van der Waals surface area contributed by atoms with Gasteiger partial charge in [-0.1, -0.05) is 18.9 Å². The molecule has 0 heterocycles. The number of unbranched alkanes of at least 4 members (excludes halogenated alkanes) is 4. The van der Waals surface area contributed by atoms with E-state index < -0.39 is 11.9 Å². The normalized spacial score (nSPS) is 11.8. The fourth-order valence-electron chi connectivity index (χ4n) is 1.53. The Morgan fingerprint density at radius 1 is 1.06 bits per heavy atom. The molecule has 0 spiro atoms. The molecule has 0 amide bonds. The molecule has 0 fully saturated rings. The van der Waals surface area contributed by atoms with Crippen LogP contribution in [-0.2, 0) is 9.59 Å². The van der Waals surface area contributed by atoms with Crippen LogP contribution in [0.25, 0.3) is 0 Å². The van der Waals surface area contributed by atoms with Gasteiger partial charge in [0.1, 0.15) is 0 Å². The predicted molar refractivity (Wildman–Crippen MR) is 65.9 cm³/mol. The molecule has 4 heteroatoms. The van der Waals surface area contributed by atoms with E-state index in [1.807, 2.05) is 6.08 Å². The second kappa shape index (κ2) is 8.56. The second-order valence-corrected chi connectivity index (χ2v) is 3.96. The van der Waals surface area contributed by atoms with Gasteiger partial charge in [0.05, 0.1) is 0 Å². The largest absolute Gasteiger partial charge is 0.478 e. The summed E-state index contributed by atoms with van der Waals surface area (Å²) in [6, 6.07) is 0. The summed E-state index contributed by atoms with van der Waals surface area (Å²) in [5.74, 6) is -2.29. The molecule has 4 nitrogen and oxygen atoms in total. The van der Waals surface area contributed by atoms with Crippen LogP contribution in [0.4, 0.5) is 0 Å². The molecule has 0 saturated heterocycles. The number of hydrogen-bond donors (Lipinski definition) is 2. The summed E-state index contributed by atoms with van der Waals surface area (Å²) in [5.41, 5.74) is -0.0511. The van der Waals surface area contributed by atoms with Crippen LogP contribution in [-0.4, -0.2) is 22.2 Å². The second-order valence-electron chi connectivity index (χ2n) is 3.96. The van der Waals surface area contributed by atoms with Crippen molar-refractivity contribution in [3.05, 3.63) is 23.8 Å². The summed E-state index contributed by atoms with van der Waals surface area (Å²) in [6.07, 6.45) is 6.84. The van der Waals surface area contributed by atoms with E-state index in [0.29, 0.717) is 12.8 Å². The molecule has 0 saturated carbocycles. The minimum atomic E-state index is -1.16. The first-order valence-electron chi connectivity index (χ1n) is 5.78. The van der Waals surface area contributed by atoms with E-state index in [0.717, 1.165) is 25.7 Å². The van der Waals surface area contributed by atoms with Crippen molar-refractivity contribution in [3.63, 3.8) is 0 Å². The standard InChI is InChI=1S/C13H20O4/c1-3-4-5-6-7-8-9-11(13(16)17)10(2)12(14)15/h3H,1,4-9H2,2H3,(H,14,15)(H,16,17)/b11-10-. The van der Waals surface area contributed by atoms with Gasteiger partial charge < -0.3 is 10.2 Å². The molecular weight excluding hydrogens is 220 g/mol. The summed E-state index contributed by atoms with van der Waals surface area (Å²) in [6.45, 7) is 4.96. The zero-order valence-corrected chi connectivity index (χ0v) is 10.2. The maximum Gasteiger partial charge on any atom is 0.332 e. The quantitative estimate of drug-likeness (QED) is 0.369. The van der Waals surface area contributed by atoms with E-state index in [9.17, 15) is 9.59 Å². The smallest absolute Gasteiger partial charge is 0.332 e. The first-order chi connectivity index (χ1) is 8.00. The van der Waals surface area contributed by atoms with E-state index in [1.165, 1.54) is 6.92 Å². The van der Waals surface area contributed by atoms with E-state index in [1.54, 1.807) is 0 Å². The number of allylic oxidation sites excluding steroid dienone is 1. The molecule has 0 aromatic heterocycles. The van der Waals surface area contributed by atoms with E-state index in [2.05, 4.69) is 6.58 Å². The summed E-state index contributed by atoms with van der Waals surface area (Å²) < 4.78 is 0. The minimum absolute atomic E-state index is 0.0150. The molecule has 0 aliphatic rings. The Balaban J connectivity index is 4.13. The molecule has 0 aromatic carbocycles. The molecule has 0 aliphatic carbocycles. The highest BCUT2D eigenvalue weighted by atomic mass is 16.4. The van der Waals surface area contributed by atoms with Crippen LogP contribution in [0.2, 0.25) is 0 Å². The molecule has 0 aliphatic heterocycles. The van der Waals surface area contributed by atoms with Crippen molar-refractivity contribution in [2.24, 2.45) is 0 Å². The van der Waals surface area contributed by atoms with Gasteiger partial charge in [0.15, 0.2) is 0 Å². The Kier molecular flexibility index (Phi) is 7.76. The van der Waals surface area contributed by atoms with Crippen LogP contribution in [0.5, 0.6) is 0 Å². The summed E-state index contributed by atoms with van der Waals surface area (Å²) in [7, 11) is 0. The zero-order valence-electron chi connectivity index (χ0n) is 10.2. The van der Waals surface area contributed by atoms with Crippen molar-refractivity contribution in [2.45, 2.75) is 45.4 Å². The lowest BCUT2D eigenvalue weighted by atomic mass is 10.0. The molecule has 17 heavy (non-hydrogen) atoms. The fourth-order valence-corrected chi connectivity index (χ4v) is 1.53. The fraction of sp³-hybridized carbons (Fsp3) is 0.538. The molecule has 0 rings (SSSR count). The molecule has 0 aromatic rings. The molecule has 0 atom stereocenters. The topological polar surface area (TPSA) is 74.6 Å². The molecular formula is C13H20O4. The van der Waals surface area contributed by atoms with Crippen molar-refractivity contribution in [3.8, 4) is 0 Å². The van der Waals surface area contributed by atoms with Gasteiger partial charge in [-0.3, -0.25) is 0 Å². The van der Waals surface area contributed by atoms with Crippen molar-refractivity contribution < 1.29 is 19.8 Å². The van der Waals surface area contributed by atoms with Gasteiger partial charge in [-0.2, -0.15) is 0 Å². The number of aliphatic carboxylic acids is 2. The monoisotopic (exact) mass is 240 g/mol. The Morgan fingerprint density at radius 2 is 1.65 bits per heavy atom. The van der Waals surface area contributed by atoms with Crippen molar-refractivity contribution in [1.82, 2.24) is 0 Å². The lowest BCUT2D eigenvalue weighted by Gasteiger charge is -2.05. The Bertz CT molecular complexity index is 315. The number of hydrogen-bond acceptors (Lipinski definition) is 2. The number of carboxylic acid groups (broad SMARTS) is 2. The maximum atomic E-state index is 10.9. The van der Waals surface area contributed by atoms with Crippen molar-refractivity contribution >= 4 is 11.9 Å². The first-order valence-corrected chi connectivity index (χ1v) is 5.78. The van der Waals surface area contributed by atoms with Crippen LogP contribution in [0.1, 0.15) is 45.4 Å². The molecule has 0 bridgehead atoms. The minimum Gasteiger partial charge on any atom is -0.478 e. The van der Waals surface area contributed by atoms with Gasteiger partial charge in [-0.15, -0.1) is 6.58 Å². The van der Waals surface area contributed by atoms with Gasteiger partial charge in [0.2, 0.25) is 0 Å². The van der Waals surface area contributed by atoms with E-state index in [4.69, 9.17) is 10.2 Å². The van der Waals surface area contributed by atoms with Gasteiger partial charge >= 0.3 is 11.9 Å². The van der Waals surface area contributed by atoms with Crippen LogP contribution < -0.4 is 0 Å². The predicted octanol–water partition coefficient (Wildman–Crippen LogP) is 3.00. The van der Waals surface area contributed by atoms with Gasteiger partial charge in [0.25, 0.3) is 0 Å². The van der Waals surface area contributed by atoms with Crippen LogP contribution in [0.3, 0.4) is 0 Å². The third-order valence-corrected chi connectivity index (χ3v) is 2.62. The van der Waals surface area contributed by atoms with Gasteiger partial charge in [-0.05, 0) is 32.6 Å². The lowest BCUT2D eigenvalue weighted by Crippen LogP contribution is -2.09. The first kappa shape index (κ1) is 15.4. The number of carboxylic acids is 2. The SMILES string of the molecule is C=CCCCCCC/C(C(=O)O)=C(\C)C(=O)O. The highest BCUT2D eigenvalue weighted by Gasteiger charge is 2.15. The maximum absolute atomic E-state index is 10.9.